The second kappa shape index (κ2) is 2.26. The fourth-order valence-corrected chi connectivity index (χ4v) is 0.262. The Kier molecular flexibility index (Phi) is 2.22. The molecule has 3 nitrogen and oxygen atoms in total. The molecule has 0 bridgehead atoms. The predicted octanol–water partition coefficient (Wildman–Crippen LogP) is 0.558. The lowest BCUT2D eigenvalue weighted by atomic mass is 10.6. The van der Waals surface area contributed by atoms with E-state index >= 15 is 0 Å². The van der Waals surface area contributed by atoms with Crippen molar-refractivity contribution in [3.05, 3.63) is 0 Å². The van der Waals surface area contributed by atoms with Crippen molar-refractivity contribution in [2.45, 2.75) is 19.8 Å². The maximum atomic E-state index is 9.93. The Bertz CT molecular complexity index is 45.4. The van der Waals surface area contributed by atoms with E-state index in [-0.39, 0.29) is 6.61 Å². The quantitative estimate of drug-likeness (QED) is 0.472. The van der Waals surface area contributed by atoms with Crippen LogP contribution >= 0.6 is 0 Å². The minimum atomic E-state index is -2.45. The van der Waals surface area contributed by atoms with Crippen molar-refractivity contribution in [1.29, 1.82) is 0 Å². The average Bonchev–Trinajstić information content (AvgIpc) is 1.30. The molecule has 7 heavy (non-hydrogen) atoms. The lowest BCUT2D eigenvalue weighted by Crippen LogP contribution is -2.23. The second-order valence-electron chi connectivity index (χ2n) is 1.30. The maximum Gasteiger partial charge on any atom is 0.337 e. The molecule has 0 saturated heterocycles. The number of hydrogen-bond acceptors (Lipinski definition) is 1. The second-order valence-corrected chi connectivity index (χ2v) is 1.30. The lowest BCUT2D eigenvalue weighted by Gasteiger charge is -2.07. The molecule has 2 radical (unpaired) electrons. The van der Waals surface area contributed by atoms with Gasteiger partial charge in [-0.1, -0.05) is 0 Å². The van der Waals surface area contributed by atoms with Crippen molar-refractivity contribution in [3.8, 4) is 0 Å². The Hall–Kier alpha value is -0.120. The Balaban J connectivity index is 3.15. The highest BCUT2D eigenvalue weighted by Crippen LogP contribution is 1.99. The first kappa shape index (κ1) is 6.88. The van der Waals surface area contributed by atoms with E-state index in [1.54, 1.807) is 6.92 Å². The van der Waals surface area contributed by atoms with Gasteiger partial charge < -0.3 is 4.74 Å². The van der Waals surface area contributed by atoms with Crippen LogP contribution in [-0.4, -0.2) is 12.6 Å². The van der Waals surface area contributed by atoms with E-state index in [0.29, 0.717) is 0 Å². The molecule has 0 atom stereocenters. The van der Waals surface area contributed by atoms with Crippen LogP contribution in [0.4, 0.5) is 0 Å². The summed E-state index contributed by atoms with van der Waals surface area (Å²) in [4.78, 5) is 0. The van der Waals surface area contributed by atoms with Crippen LogP contribution < -0.4 is 0 Å². The Labute approximate surface area is 42.5 Å². The molecule has 0 spiro atoms. The molecule has 0 aromatic carbocycles. The highest BCUT2D eigenvalue weighted by molar-refractivity contribution is 4.30. The third-order valence-electron chi connectivity index (χ3n) is 0.407. The van der Waals surface area contributed by atoms with Gasteiger partial charge in [0, 0.05) is 13.5 Å². The van der Waals surface area contributed by atoms with E-state index in [1.807, 2.05) is 0 Å². The highest BCUT2D eigenvalue weighted by Gasteiger charge is 2.18. The summed E-state index contributed by atoms with van der Waals surface area (Å²) in [6.45, 7) is 2.73. The topological polar surface area (TPSA) is 49.0 Å². The van der Waals surface area contributed by atoms with Crippen molar-refractivity contribution >= 4 is 0 Å². The largest absolute Gasteiger partial charge is 0.337 e. The molecular formula is C4H8O3. The van der Waals surface area contributed by atoms with Crippen molar-refractivity contribution in [2.75, 3.05) is 6.61 Å². The first-order valence-electron chi connectivity index (χ1n) is 2.11. The van der Waals surface area contributed by atoms with Gasteiger partial charge in [0.25, 0.3) is 0 Å². The first-order chi connectivity index (χ1) is 3.06. The van der Waals surface area contributed by atoms with Crippen LogP contribution in [0.2, 0.25) is 0 Å². The van der Waals surface area contributed by atoms with Crippen LogP contribution in [0.1, 0.15) is 13.8 Å². The van der Waals surface area contributed by atoms with Crippen molar-refractivity contribution in [1.82, 2.24) is 0 Å². The molecule has 0 aliphatic carbocycles. The van der Waals surface area contributed by atoms with Crippen LogP contribution in [-0.2, 0) is 14.9 Å². The maximum absolute atomic E-state index is 9.93. The van der Waals surface area contributed by atoms with E-state index in [0.717, 1.165) is 6.92 Å². The molecule has 0 saturated carbocycles. The summed E-state index contributed by atoms with van der Waals surface area (Å²) in [5, 5.41) is 19.9. The van der Waals surface area contributed by atoms with E-state index in [2.05, 4.69) is 4.74 Å². The van der Waals surface area contributed by atoms with Crippen molar-refractivity contribution in [3.63, 3.8) is 0 Å². The van der Waals surface area contributed by atoms with E-state index in [1.165, 1.54) is 0 Å². The molecule has 0 fully saturated rings. The highest BCUT2D eigenvalue weighted by atomic mass is 16.8. The minimum Gasteiger partial charge on any atom is -0.324 e. The summed E-state index contributed by atoms with van der Waals surface area (Å²) >= 11 is 0. The van der Waals surface area contributed by atoms with Gasteiger partial charge in [-0.15, -0.1) is 0 Å². The third-order valence-corrected chi connectivity index (χ3v) is 0.407. The smallest absolute Gasteiger partial charge is 0.324 e. The van der Waals surface area contributed by atoms with Crippen LogP contribution in [0.25, 0.3) is 0 Å². The number of hydrogen-bond donors (Lipinski definition) is 0. The molecule has 42 valence electrons. The van der Waals surface area contributed by atoms with Gasteiger partial charge in [0.2, 0.25) is 0 Å². The summed E-state index contributed by atoms with van der Waals surface area (Å²) in [7, 11) is 0. The Morgan fingerprint density at radius 3 is 2.00 bits per heavy atom. The monoisotopic (exact) mass is 104 g/mol. The Morgan fingerprint density at radius 1 is 1.57 bits per heavy atom. The fraction of sp³-hybridized carbons (Fsp3) is 1.00. The van der Waals surface area contributed by atoms with E-state index in [4.69, 9.17) is 0 Å². The van der Waals surface area contributed by atoms with Gasteiger partial charge in [0.05, 0.1) is 0 Å². The molecule has 0 unspecified atom stereocenters. The summed E-state index contributed by atoms with van der Waals surface area (Å²) in [6, 6.07) is 0. The van der Waals surface area contributed by atoms with Crippen LogP contribution in [0, 0.1) is 0 Å². The average molecular weight is 104 g/mol. The number of rotatable bonds is 2. The normalized spacial score (nSPS) is 12.0. The molecular weight excluding hydrogens is 96.0 g/mol. The van der Waals surface area contributed by atoms with Gasteiger partial charge in [-0.25, -0.2) is 0 Å². The molecule has 0 rings (SSSR count). The standard InChI is InChI=1S/C4H8O3/c1-3-7-4(2,5)6/h3H2,1-2H3. The van der Waals surface area contributed by atoms with Gasteiger partial charge in [-0.05, 0) is 6.92 Å². The fourth-order valence-electron chi connectivity index (χ4n) is 0.262. The van der Waals surface area contributed by atoms with Crippen molar-refractivity contribution < 1.29 is 14.9 Å². The molecule has 0 aliphatic heterocycles. The van der Waals surface area contributed by atoms with E-state index < -0.39 is 5.97 Å². The predicted molar refractivity (Wildman–Crippen MR) is 21.4 cm³/mol. The molecule has 3 heteroatoms. The molecule has 0 heterocycles. The molecule has 0 aliphatic rings. The van der Waals surface area contributed by atoms with Crippen LogP contribution in [0.5, 0.6) is 0 Å². The molecule has 0 aromatic rings. The van der Waals surface area contributed by atoms with Gasteiger partial charge in [-0.3, -0.25) is 0 Å². The lowest BCUT2D eigenvalue weighted by molar-refractivity contribution is -0.382. The zero-order valence-corrected chi connectivity index (χ0v) is 4.43. The zero-order valence-electron chi connectivity index (χ0n) is 4.43. The van der Waals surface area contributed by atoms with Gasteiger partial charge in [-0.2, -0.15) is 10.2 Å². The minimum absolute atomic E-state index is 0.184. The SMILES string of the molecule is CCOC(C)([O])[O]. The van der Waals surface area contributed by atoms with Gasteiger partial charge >= 0.3 is 5.97 Å². The first-order valence-corrected chi connectivity index (χ1v) is 2.11. The van der Waals surface area contributed by atoms with Gasteiger partial charge in [0.15, 0.2) is 0 Å². The van der Waals surface area contributed by atoms with Crippen molar-refractivity contribution in [2.24, 2.45) is 0 Å². The number of ether oxygens (including phenoxy) is 1. The molecule has 0 N–H and O–H groups in total. The molecule has 0 aromatic heterocycles. The Morgan fingerprint density at radius 2 is 2.00 bits per heavy atom. The van der Waals surface area contributed by atoms with E-state index in [9.17, 15) is 10.2 Å². The van der Waals surface area contributed by atoms with Crippen LogP contribution in [0.3, 0.4) is 0 Å². The summed E-state index contributed by atoms with van der Waals surface area (Å²) in [6.07, 6.45) is 0. The molecule has 0 amide bonds. The summed E-state index contributed by atoms with van der Waals surface area (Å²) in [5.41, 5.74) is 0. The van der Waals surface area contributed by atoms with Gasteiger partial charge in [0.1, 0.15) is 0 Å². The summed E-state index contributed by atoms with van der Waals surface area (Å²) < 4.78 is 4.12. The zero-order chi connectivity index (χ0) is 5.91. The summed E-state index contributed by atoms with van der Waals surface area (Å²) in [5.74, 6) is -2.45. The van der Waals surface area contributed by atoms with Crippen LogP contribution in [0.15, 0.2) is 0 Å². The third kappa shape index (κ3) is 5.88.